The molecule has 0 saturated heterocycles. The van der Waals surface area contributed by atoms with Gasteiger partial charge in [0.2, 0.25) is 5.91 Å². The molecule has 0 heterocycles. The van der Waals surface area contributed by atoms with Crippen LogP contribution in [-0.2, 0) is 14.3 Å². The molecule has 2 rings (SSSR count). The number of rotatable bonds is 5. The van der Waals surface area contributed by atoms with Gasteiger partial charge >= 0.3 is 11.9 Å². The number of para-hydroxylation sites is 1. The molecule has 1 aromatic rings. The Hall–Kier alpha value is -2.63. The van der Waals surface area contributed by atoms with Gasteiger partial charge in [0, 0.05) is 0 Å². The van der Waals surface area contributed by atoms with Crippen LogP contribution in [0, 0.1) is 11.8 Å². The van der Waals surface area contributed by atoms with Crippen LogP contribution in [0.2, 0.25) is 0 Å². The van der Waals surface area contributed by atoms with Gasteiger partial charge in [-0.1, -0.05) is 24.3 Å². The number of nitrogens with one attached hydrogen (secondary N) is 1. The van der Waals surface area contributed by atoms with Gasteiger partial charge in [0.25, 0.3) is 0 Å². The number of benzene rings is 1. The van der Waals surface area contributed by atoms with Crippen LogP contribution in [0.5, 0.6) is 0 Å². The van der Waals surface area contributed by atoms with Crippen LogP contribution in [-0.4, -0.2) is 29.6 Å². The zero-order chi connectivity index (χ0) is 16.8. The maximum absolute atomic E-state index is 12.5. The minimum Gasteiger partial charge on any atom is -0.481 e. The van der Waals surface area contributed by atoms with Gasteiger partial charge in [-0.2, -0.15) is 0 Å². The fourth-order valence-corrected chi connectivity index (χ4v) is 2.58. The number of aliphatic carboxylic acids is 1. The van der Waals surface area contributed by atoms with Crippen molar-refractivity contribution in [3.05, 3.63) is 42.0 Å². The number of carbonyl (C=O) groups excluding carboxylic acids is 2. The molecule has 1 amide bonds. The first kappa shape index (κ1) is 16.7. The number of hydrogen-bond donors (Lipinski definition) is 2. The molecule has 6 nitrogen and oxygen atoms in total. The molecular weight excluding hydrogens is 298 g/mol. The van der Waals surface area contributed by atoms with E-state index in [-0.39, 0.29) is 12.2 Å². The van der Waals surface area contributed by atoms with Crippen molar-refractivity contribution in [2.24, 2.45) is 11.8 Å². The lowest BCUT2D eigenvalue weighted by atomic mass is 9.82. The maximum Gasteiger partial charge on any atom is 0.340 e. The Morgan fingerprint density at radius 2 is 1.83 bits per heavy atom. The molecule has 23 heavy (non-hydrogen) atoms. The summed E-state index contributed by atoms with van der Waals surface area (Å²) < 4.78 is 4.96. The van der Waals surface area contributed by atoms with E-state index >= 15 is 0 Å². The van der Waals surface area contributed by atoms with E-state index in [1.54, 1.807) is 43.3 Å². The fourth-order valence-electron chi connectivity index (χ4n) is 2.58. The summed E-state index contributed by atoms with van der Waals surface area (Å²) in [6, 6.07) is 6.51. The number of allylic oxidation sites excluding steroid dienone is 2. The molecule has 0 bridgehead atoms. The van der Waals surface area contributed by atoms with Crippen LogP contribution in [0.4, 0.5) is 5.69 Å². The van der Waals surface area contributed by atoms with Crippen LogP contribution in [0.3, 0.4) is 0 Å². The largest absolute Gasteiger partial charge is 0.481 e. The maximum atomic E-state index is 12.5. The normalized spacial score (nSPS) is 19.9. The zero-order valence-electron chi connectivity index (χ0n) is 12.8. The van der Waals surface area contributed by atoms with E-state index in [1.807, 2.05) is 0 Å². The standard InChI is InChI=1S/C17H19NO5/c1-2-23-17(22)13-9-5-6-10-14(13)18-15(19)11-7-3-4-8-12(11)16(20)21/h3-6,9-12H,2,7-8H2,1H3,(H,18,19)(H,20,21)/t11-,12+/m1/s1. The van der Waals surface area contributed by atoms with Gasteiger partial charge in [-0.3, -0.25) is 9.59 Å². The number of carboxylic acid groups (broad SMARTS) is 1. The van der Waals surface area contributed by atoms with Gasteiger partial charge in [0.1, 0.15) is 0 Å². The van der Waals surface area contributed by atoms with Gasteiger partial charge < -0.3 is 15.2 Å². The summed E-state index contributed by atoms with van der Waals surface area (Å²) >= 11 is 0. The summed E-state index contributed by atoms with van der Waals surface area (Å²) in [5.74, 6) is -3.34. The molecule has 0 aromatic heterocycles. The van der Waals surface area contributed by atoms with E-state index in [4.69, 9.17) is 4.74 Å². The smallest absolute Gasteiger partial charge is 0.340 e. The number of amides is 1. The SMILES string of the molecule is CCOC(=O)c1ccccc1NC(=O)[C@@H]1CC=CC[C@@H]1C(=O)O. The molecule has 2 N–H and O–H groups in total. The molecule has 0 fully saturated rings. The third kappa shape index (κ3) is 3.97. The average Bonchev–Trinajstić information content (AvgIpc) is 2.55. The highest BCUT2D eigenvalue weighted by Gasteiger charge is 2.34. The molecule has 1 aliphatic rings. The monoisotopic (exact) mass is 317 g/mol. The summed E-state index contributed by atoms with van der Waals surface area (Å²) in [5, 5.41) is 11.9. The van der Waals surface area contributed by atoms with E-state index in [1.165, 1.54) is 0 Å². The second-order valence-corrected chi connectivity index (χ2v) is 5.25. The predicted molar refractivity (Wildman–Crippen MR) is 84.0 cm³/mol. The number of carbonyl (C=O) groups is 3. The van der Waals surface area contributed by atoms with E-state index in [9.17, 15) is 19.5 Å². The van der Waals surface area contributed by atoms with E-state index in [0.717, 1.165) is 0 Å². The zero-order valence-corrected chi connectivity index (χ0v) is 12.8. The third-order valence-corrected chi connectivity index (χ3v) is 3.77. The highest BCUT2D eigenvalue weighted by Crippen LogP contribution is 2.28. The molecule has 0 spiro atoms. The Kier molecular flexibility index (Phi) is 5.51. The molecule has 2 atom stereocenters. The number of carboxylic acids is 1. The van der Waals surface area contributed by atoms with Gasteiger partial charge in [-0.05, 0) is 31.9 Å². The minimum absolute atomic E-state index is 0.232. The first-order valence-electron chi connectivity index (χ1n) is 7.49. The molecule has 0 saturated carbocycles. The Labute approximate surface area is 134 Å². The number of esters is 1. The van der Waals surface area contributed by atoms with Crippen LogP contribution in [0.1, 0.15) is 30.1 Å². The first-order chi connectivity index (χ1) is 11.0. The molecule has 0 aliphatic heterocycles. The minimum atomic E-state index is -0.992. The molecule has 6 heteroatoms. The Balaban J connectivity index is 2.18. The first-order valence-corrected chi connectivity index (χ1v) is 7.49. The number of ether oxygens (including phenoxy) is 1. The van der Waals surface area contributed by atoms with Crippen molar-refractivity contribution >= 4 is 23.5 Å². The van der Waals surface area contributed by atoms with Gasteiger partial charge in [0.05, 0.1) is 29.7 Å². The van der Waals surface area contributed by atoms with Crippen molar-refractivity contribution in [1.29, 1.82) is 0 Å². The lowest BCUT2D eigenvalue weighted by Crippen LogP contribution is -2.35. The van der Waals surface area contributed by atoms with E-state index in [2.05, 4.69) is 5.32 Å². The van der Waals surface area contributed by atoms with E-state index in [0.29, 0.717) is 18.5 Å². The van der Waals surface area contributed by atoms with Gasteiger partial charge in [0.15, 0.2) is 0 Å². The summed E-state index contributed by atoms with van der Waals surface area (Å²) in [4.78, 5) is 35.7. The Morgan fingerprint density at radius 3 is 2.48 bits per heavy atom. The number of anilines is 1. The molecule has 0 radical (unpaired) electrons. The molecule has 0 unspecified atom stereocenters. The Morgan fingerprint density at radius 1 is 1.17 bits per heavy atom. The highest BCUT2D eigenvalue weighted by atomic mass is 16.5. The average molecular weight is 317 g/mol. The number of hydrogen-bond acceptors (Lipinski definition) is 4. The van der Waals surface area contributed by atoms with Crippen molar-refractivity contribution < 1.29 is 24.2 Å². The quantitative estimate of drug-likeness (QED) is 0.643. The van der Waals surface area contributed by atoms with Gasteiger partial charge in [-0.25, -0.2) is 4.79 Å². The molecule has 122 valence electrons. The Bertz CT molecular complexity index is 638. The van der Waals surface area contributed by atoms with Gasteiger partial charge in [-0.15, -0.1) is 0 Å². The van der Waals surface area contributed by atoms with Crippen molar-refractivity contribution in [3.63, 3.8) is 0 Å². The lowest BCUT2D eigenvalue weighted by molar-refractivity contribution is -0.146. The summed E-state index contributed by atoms with van der Waals surface area (Å²) in [6.45, 7) is 1.93. The van der Waals surface area contributed by atoms with Crippen LogP contribution >= 0.6 is 0 Å². The second kappa shape index (κ2) is 7.58. The predicted octanol–water partition coefficient (Wildman–Crippen LogP) is 2.47. The lowest BCUT2D eigenvalue weighted by Gasteiger charge is -2.24. The van der Waals surface area contributed by atoms with Crippen LogP contribution in [0.15, 0.2) is 36.4 Å². The van der Waals surface area contributed by atoms with Crippen molar-refractivity contribution in [1.82, 2.24) is 0 Å². The van der Waals surface area contributed by atoms with E-state index < -0.39 is 29.7 Å². The summed E-state index contributed by atoms with van der Waals surface area (Å²) in [6.07, 6.45) is 4.27. The second-order valence-electron chi connectivity index (χ2n) is 5.25. The van der Waals surface area contributed by atoms with Crippen molar-refractivity contribution in [2.45, 2.75) is 19.8 Å². The topological polar surface area (TPSA) is 92.7 Å². The van der Waals surface area contributed by atoms with Crippen LogP contribution < -0.4 is 5.32 Å². The molecule has 1 aromatic carbocycles. The molecular formula is C17H19NO5. The fraction of sp³-hybridized carbons (Fsp3) is 0.353. The summed E-state index contributed by atoms with van der Waals surface area (Å²) in [5.41, 5.74) is 0.579. The highest BCUT2D eigenvalue weighted by molar-refractivity contribution is 6.02. The third-order valence-electron chi connectivity index (χ3n) is 3.77. The van der Waals surface area contributed by atoms with Crippen LogP contribution in [0.25, 0.3) is 0 Å². The molecule has 1 aliphatic carbocycles. The summed E-state index contributed by atoms with van der Waals surface area (Å²) in [7, 11) is 0. The van der Waals surface area contributed by atoms with Crippen molar-refractivity contribution in [3.8, 4) is 0 Å². The van der Waals surface area contributed by atoms with Crippen molar-refractivity contribution in [2.75, 3.05) is 11.9 Å².